The Hall–Kier alpha value is -3.69. The molecule has 0 unspecified atom stereocenters. The zero-order valence-electron chi connectivity index (χ0n) is 16.0. The summed E-state index contributed by atoms with van der Waals surface area (Å²) < 4.78 is 3.61. The second kappa shape index (κ2) is 5.91. The Morgan fingerprint density at radius 2 is 1.27 bits per heavy atom. The Balaban J connectivity index is 1.45. The van der Waals surface area contributed by atoms with E-state index >= 15 is 0 Å². The van der Waals surface area contributed by atoms with Gasteiger partial charge in [-0.2, -0.15) is 0 Å². The Bertz CT molecular complexity index is 1590. The fourth-order valence-corrected chi connectivity index (χ4v) is 5.62. The molecule has 140 valence electrons. The number of fused-ring (bicyclic) bond motifs is 1. The molecular formula is C27H16N2S. The van der Waals surface area contributed by atoms with Gasteiger partial charge in [0.25, 0.3) is 0 Å². The Morgan fingerprint density at radius 3 is 1.93 bits per heavy atom. The molecule has 7 aromatic rings. The third-order valence-corrected chi connectivity index (χ3v) is 7.08. The Labute approximate surface area is 177 Å². The van der Waals surface area contributed by atoms with E-state index in [2.05, 4.69) is 95.6 Å². The van der Waals surface area contributed by atoms with Gasteiger partial charge in [0.05, 0.1) is 21.3 Å². The predicted octanol–water partition coefficient (Wildman–Crippen LogP) is 7.65. The molecule has 2 nitrogen and oxygen atoms in total. The Kier molecular flexibility index (Phi) is 3.18. The quantitative estimate of drug-likeness (QED) is 0.272. The molecule has 5 aromatic carbocycles. The van der Waals surface area contributed by atoms with Crippen molar-refractivity contribution in [3.8, 4) is 16.3 Å². The maximum absolute atomic E-state index is 4.81. The highest BCUT2D eigenvalue weighted by atomic mass is 32.1. The van der Waals surface area contributed by atoms with Crippen LogP contribution in [0.5, 0.6) is 0 Å². The number of hydrogen-bond acceptors (Lipinski definition) is 2. The summed E-state index contributed by atoms with van der Waals surface area (Å²) in [6, 6.07) is 34.7. The summed E-state index contributed by atoms with van der Waals surface area (Å²) in [7, 11) is 0. The van der Waals surface area contributed by atoms with Gasteiger partial charge in [0.1, 0.15) is 5.01 Å². The number of aromatic nitrogens is 2. The van der Waals surface area contributed by atoms with Crippen LogP contribution in [-0.2, 0) is 0 Å². The summed E-state index contributed by atoms with van der Waals surface area (Å²) in [4.78, 5) is 4.81. The van der Waals surface area contributed by atoms with Gasteiger partial charge in [-0.3, -0.25) is 0 Å². The highest BCUT2D eigenvalue weighted by molar-refractivity contribution is 7.21. The van der Waals surface area contributed by atoms with E-state index in [0.717, 1.165) is 16.1 Å². The molecule has 0 saturated heterocycles. The van der Waals surface area contributed by atoms with Crippen LogP contribution in [0.1, 0.15) is 0 Å². The van der Waals surface area contributed by atoms with Gasteiger partial charge in [-0.15, -0.1) is 11.3 Å². The molecule has 2 aromatic heterocycles. The molecule has 0 N–H and O–H groups in total. The van der Waals surface area contributed by atoms with Crippen molar-refractivity contribution in [3.63, 3.8) is 0 Å². The fraction of sp³-hybridized carbons (Fsp3) is 0. The molecular weight excluding hydrogens is 384 g/mol. The van der Waals surface area contributed by atoms with E-state index in [9.17, 15) is 0 Å². The van der Waals surface area contributed by atoms with Crippen LogP contribution in [0.15, 0.2) is 97.1 Å². The van der Waals surface area contributed by atoms with E-state index in [0.29, 0.717) is 0 Å². The van der Waals surface area contributed by atoms with Crippen molar-refractivity contribution in [1.29, 1.82) is 0 Å². The van der Waals surface area contributed by atoms with Gasteiger partial charge in [0, 0.05) is 22.0 Å². The fourth-order valence-electron chi connectivity index (χ4n) is 4.65. The standard InChI is InChI=1S/C27H16N2S/c1-2-10-24-21(7-1)28-27(30-24)19-13-15-20(16-14-19)29-22-8-3-5-17-11-12-18-6-4-9-23(29)26(18)25(17)22/h1-16H. The number of hydrogen-bond donors (Lipinski definition) is 0. The van der Waals surface area contributed by atoms with Crippen molar-refractivity contribution < 1.29 is 0 Å². The molecule has 0 fully saturated rings. The third-order valence-electron chi connectivity index (χ3n) is 5.99. The normalized spacial score (nSPS) is 12.0. The average molecular weight is 401 g/mol. The molecule has 0 aliphatic carbocycles. The highest BCUT2D eigenvalue weighted by Gasteiger charge is 2.16. The number of thiazole rings is 1. The third kappa shape index (κ3) is 2.15. The van der Waals surface area contributed by atoms with Gasteiger partial charge in [-0.05, 0) is 59.3 Å². The maximum atomic E-state index is 4.81. The monoisotopic (exact) mass is 400 g/mol. The first-order valence-corrected chi connectivity index (χ1v) is 10.9. The molecule has 3 heteroatoms. The largest absolute Gasteiger partial charge is 0.309 e. The summed E-state index contributed by atoms with van der Waals surface area (Å²) in [6.45, 7) is 0. The van der Waals surface area contributed by atoms with Crippen molar-refractivity contribution in [3.05, 3.63) is 97.1 Å². The predicted molar refractivity (Wildman–Crippen MR) is 128 cm³/mol. The molecule has 0 amide bonds. The van der Waals surface area contributed by atoms with Crippen molar-refractivity contribution in [2.75, 3.05) is 0 Å². The van der Waals surface area contributed by atoms with Crippen LogP contribution in [0.2, 0.25) is 0 Å². The number of benzene rings is 5. The summed E-state index contributed by atoms with van der Waals surface area (Å²) in [5, 5.41) is 6.35. The van der Waals surface area contributed by atoms with Gasteiger partial charge in [-0.1, -0.05) is 48.5 Å². The number of para-hydroxylation sites is 1. The summed E-state index contributed by atoms with van der Waals surface area (Å²) in [5.41, 5.74) is 5.91. The lowest BCUT2D eigenvalue weighted by Gasteiger charge is -2.08. The number of nitrogens with zero attached hydrogens (tertiary/aromatic N) is 2. The second-order valence-corrected chi connectivity index (χ2v) is 8.72. The van der Waals surface area contributed by atoms with Crippen molar-refractivity contribution in [1.82, 2.24) is 9.55 Å². The van der Waals surface area contributed by atoms with Gasteiger partial charge in [0.2, 0.25) is 0 Å². The first-order valence-electron chi connectivity index (χ1n) is 10.1. The lowest BCUT2D eigenvalue weighted by molar-refractivity contribution is 1.18. The van der Waals surface area contributed by atoms with Crippen molar-refractivity contribution in [2.45, 2.75) is 0 Å². The lowest BCUT2D eigenvalue weighted by atomic mass is 10.0. The van der Waals surface area contributed by atoms with E-state index < -0.39 is 0 Å². The van der Waals surface area contributed by atoms with E-state index in [4.69, 9.17) is 4.98 Å². The molecule has 7 rings (SSSR count). The van der Waals surface area contributed by atoms with Crippen molar-refractivity contribution >= 4 is 54.1 Å². The summed E-state index contributed by atoms with van der Waals surface area (Å²) in [5.74, 6) is 0. The van der Waals surface area contributed by atoms with Gasteiger partial charge in [-0.25, -0.2) is 4.98 Å². The molecule has 0 spiro atoms. The zero-order valence-corrected chi connectivity index (χ0v) is 16.9. The van der Waals surface area contributed by atoms with Crippen LogP contribution < -0.4 is 0 Å². The molecule has 0 aliphatic rings. The summed E-state index contributed by atoms with van der Waals surface area (Å²) >= 11 is 1.74. The minimum absolute atomic E-state index is 1.06. The molecule has 2 heterocycles. The van der Waals surface area contributed by atoms with E-state index in [-0.39, 0.29) is 0 Å². The first-order chi connectivity index (χ1) is 14.9. The van der Waals surface area contributed by atoms with Crippen LogP contribution in [0.3, 0.4) is 0 Å². The highest BCUT2D eigenvalue weighted by Crippen LogP contribution is 2.39. The second-order valence-electron chi connectivity index (χ2n) is 7.69. The first kappa shape index (κ1) is 16.1. The van der Waals surface area contributed by atoms with Crippen LogP contribution in [-0.4, -0.2) is 9.55 Å². The number of rotatable bonds is 2. The smallest absolute Gasteiger partial charge is 0.124 e. The van der Waals surface area contributed by atoms with Crippen LogP contribution in [0.4, 0.5) is 0 Å². The molecule has 30 heavy (non-hydrogen) atoms. The van der Waals surface area contributed by atoms with Crippen LogP contribution in [0, 0.1) is 0 Å². The summed E-state index contributed by atoms with van der Waals surface area (Å²) in [6.07, 6.45) is 0. The molecule has 0 saturated carbocycles. The van der Waals surface area contributed by atoms with Gasteiger partial charge < -0.3 is 4.57 Å². The van der Waals surface area contributed by atoms with Crippen LogP contribution >= 0.6 is 11.3 Å². The SMILES string of the molecule is c1ccc2sc(-c3ccc(-n4c5cccc6ccc7cccc4c7c65)cc3)nc2c1. The van der Waals surface area contributed by atoms with E-state index in [1.807, 2.05) is 6.07 Å². The minimum atomic E-state index is 1.06. The van der Waals surface area contributed by atoms with Gasteiger partial charge in [0.15, 0.2) is 0 Å². The van der Waals surface area contributed by atoms with Gasteiger partial charge >= 0.3 is 0 Å². The van der Waals surface area contributed by atoms with E-state index in [1.165, 1.54) is 43.0 Å². The van der Waals surface area contributed by atoms with Crippen LogP contribution in [0.25, 0.3) is 59.1 Å². The average Bonchev–Trinajstić information content (AvgIpc) is 3.38. The topological polar surface area (TPSA) is 17.8 Å². The minimum Gasteiger partial charge on any atom is -0.309 e. The van der Waals surface area contributed by atoms with E-state index in [1.54, 1.807) is 11.3 Å². The van der Waals surface area contributed by atoms with Crippen molar-refractivity contribution in [2.24, 2.45) is 0 Å². The molecule has 0 radical (unpaired) electrons. The molecule has 0 aliphatic heterocycles. The maximum Gasteiger partial charge on any atom is 0.124 e. The zero-order chi connectivity index (χ0) is 19.7. The Morgan fingerprint density at radius 1 is 0.600 bits per heavy atom. The molecule has 0 bridgehead atoms. The lowest BCUT2D eigenvalue weighted by Crippen LogP contribution is -1.93. The molecule has 0 atom stereocenters.